The first-order valence-electron chi connectivity index (χ1n) is 7.93. The predicted octanol–water partition coefficient (Wildman–Crippen LogP) is 4.85. The monoisotopic (exact) mass is 361 g/mol. The summed E-state index contributed by atoms with van der Waals surface area (Å²) in [6.07, 6.45) is 0.921. The molecule has 0 saturated heterocycles. The molecule has 3 rings (SSSR count). The van der Waals surface area contributed by atoms with E-state index in [9.17, 15) is 4.79 Å². The van der Waals surface area contributed by atoms with Crippen LogP contribution in [0.15, 0.2) is 53.4 Å². The van der Waals surface area contributed by atoms with Gasteiger partial charge in [0.05, 0.1) is 6.04 Å². The number of ether oxygens (including phenoxy) is 1. The van der Waals surface area contributed by atoms with Crippen LogP contribution < -0.4 is 10.1 Å². The Bertz CT molecular complexity index is 730. The van der Waals surface area contributed by atoms with Crippen LogP contribution in [0.25, 0.3) is 0 Å². The van der Waals surface area contributed by atoms with Gasteiger partial charge in [0.1, 0.15) is 5.75 Å². The van der Waals surface area contributed by atoms with E-state index in [4.69, 9.17) is 16.3 Å². The van der Waals surface area contributed by atoms with Gasteiger partial charge in [-0.15, -0.1) is 11.8 Å². The molecule has 2 aromatic carbocycles. The molecule has 0 aliphatic carbocycles. The summed E-state index contributed by atoms with van der Waals surface area (Å²) in [6.45, 7) is 3.56. The number of carbonyl (C=O) groups is 1. The van der Waals surface area contributed by atoms with Crippen LogP contribution in [0.1, 0.15) is 31.9 Å². The van der Waals surface area contributed by atoms with E-state index in [2.05, 4.69) is 17.4 Å². The smallest absolute Gasteiger partial charge is 0.264 e. The van der Waals surface area contributed by atoms with Crippen molar-refractivity contribution >= 4 is 29.3 Å². The average molecular weight is 362 g/mol. The third-order valence-corrected chi connectivity index (χ3v) is 5.37. The number of hydrogen-bond donors (Lipinski definition) is 1. The maximum absolute atomic E-state index is 12.7. The molecular weight excluding hydrogens is 342 g/mol. The van der Waals surface area contributed by atoms with Crippen molar-refractivity contribution in [3.63, 3.8) is 0 Å². The van der Waals surface area contributed by atoms with Gasteiger partial charge in [0, 0.05) is 15.7 Å². The Morgan fingerprint density at radius 1 is 1.21 bits per heavy atom. The topological polar surface area (TPSA) is 38.3 Å². The minimum absolute atomic E-state index is 0.0306. The molecule has 5 heteroatoms. The van der Waals surface area contributed by atoms with Gasteiger partial charge >= 0.3 is 0 Å². The lowest BCUT2D eigenvalue weighted by atomic mass is 10.0. The van der Waals surface area contributed by atoms with Gasteiger partial charge in [-0.2, -0.15) is 0 Å². The number of thioether (sulfide) groups is 1. The van der Waals surface area contributed by atoms with Gasteiger partial charge < -0.3 is 10.1 Å². The van der Waals surface area contributed by atoms with Crippen molar-refractivity contribution in [1.82, 2.24) is 5.32 Å². The van der Waals surface area contributed by atoms with Crippen LogP contribution in [-0.2, 0) is 4.79 Å². The first-order valence-corrected chi connectivity index (χ1v) is 9.29. The van der Waals surface area contributed by atoms with Crippen molar-refractivity contribution in [2.24, 2.45) is 0 Å². The third-order valence-electron chi connectivity index (χ3n) is 4.00. The summed E-state index contributed by atoms with van der Waals surface area (Å²) < 4.78 is 5.87. The van der Waals surface area contributed by atoms with Gasteiger partial charge in [-0.25, -0.2) is 0 Å². The zero-order valence-corrected chi connectivity index (χ0v) is 15.3. The number of amides is 1. The fourth-order valence-electron chi connectivity index (χ4n) is 2.67. The molecule has 0 spiro atoms. The largest absolute Gasteiger partial charge is 0.478 e. The lowest BCUT2D eigenvalue weighted by molar-refractivity contribution is -0.135. The highest BCUT2D eigenvalue weighted by Crippen LogP contribution is 2.36. The molecule has 24 heavy (non-hydrogen) atoms. The lowest BCUT2D eigenvalue weighted by Gasteiger charge is -2.31. The zero-order valence-electron chi connectivity index (χ0n) is 13.7. The highest BCUT2D eigenvalue weighted by atomic mass is 35.5. The molecule has 126 valence electrons. The second-order valence-electron chi connectivity index (χ2n) is 6.27. The van der Waals surface area contributed by atoms with Gasteiger partial charge in [0.2, 0.25) is 0 Å². The van der Waals surface area contributed by atoms with E-state index in [1.54, 1.807) is 38.1 Å². The molecule has 1 aliphatic rings. The molecular formula is C19H20ClNO2S. The molecule has 3 nitrogen and oxygen atoms in total. The molecule has 1 atom stereocenters. The number of halogens is 1. The van der Waals surface area contributed by atoms with Gasteiger partial charge in [-0.1, -0.05) is 29.8 Å². The van der Waals surface area contributed by atoms with Gasteiger partial charge in [-0.05, 0) is 56.2 Å². The molecule has 0 bridgehead atoms. The minimum atomic E-state index is -0.965. The number of rotatable bonds is 4. The summed E-state index contributed by atoms with van der Waals surface area (Å²) in [7, 11) is 0. The van der Waals surface area contributed by atoms with Crippen molar-refractivity contribution in [3.05, 3.63) is 59.1 Å². The van der Waals surface area contributed by atoms with Crippen molar-refractivity contribution in [2.75, 3.05) is 5.75 Å². The van der Waals surface area contributed by atoms with Gasteiger partial charge in [0.15, 0.2) is 5.60 Å². The molecule has 1 aliphatic heterocycles. The van der Waals surface area contributed by atoms with E-state index in [-0.39, 0.29) is 11.9 Å². The van der Waals surface area contributed by atoms with Crippen molar-refractivity contribution in [3.8, 4) is 5.75 Å². The van der Waals surface area contributed by atoms with E-state index in [1.807, 2.05) is 23.9 Å². The average Bonchev–Trinajstić information content (AvgIpc) is 2.57. The molecule has 0 radical (unpaired) electrons. The summed E-state index contributed by atoms with van der Waals surface area (Å²) in [6, 6.07) is 15.3. The molecule has 1 N–H and O–H groups in total. The van der Waals surface area contributed by atoms with Gasteiger partial charge in [-0.3, -0.25) is 4.79 Å². The van der Waals surface area contributed by atoms with Crippen molar-refractivity contribution in [1.29, 1.82) is 0 Å². The first-order chi connectivity index (χ1) is 11.5. The second-order valence-corrected chi connectivity index (χ2v) is 7.84. The molecule has 0 aromatic heterocycles. The minimum Gasteiger partial charge on any atom is -0.478 e. The number of carbonyl (C=O) groups excluding carboxylic acids is 1. The summed E-state index contributed by atoms with van der Waals surface area (Å²) in [5, 5.41) is 3.78. The lowest BCUT2D eigenvalue weighted by Crippen LogP contribution is -2.48. The highest BCUT2D eigenvalue weighted by Gasteiger charge is 2.33. The van der Waals surface area contributed by atoms with E-state index >= 15 is 0 Å². The Morgan fingerprint density at radius 2 is 1.92 bits per heavy atom. The zero-order chi connectivity index (χ0) is 17.2. The van der Waals surface area contributed by atoms with Crippen LogP contribution >= 0.6 is 23.4 Å². The Kier molecular flexibility index (Phi) is 5.07. The van der Waals surface area contributed by atoms with Crippen LogP contribution in [-0.4, -0.2) is 17.3 Å². The molecule has 2 aromatic rings. The number of benzene rings is 2. The van der Waals surface area contributed by atoms with E-state index in [0.717, 1.165) is 12.2 Å². The standard InChI is InChI=1S/C19H20ClNO2S/c1-19(2,23-14-9-7-13(20)8-10-14)18(22)21-16-11-12-24-17-6-4-3-5-15(16)17/h3-10,16H,11-12H2,1-2H3,(H,21,22)/t16-/m1/s1. The second kappa shape index (κ2) is 7.08. The Balaban J connectivity index is 1.71. The van der Waals surface area contributed by atoms with Crippen LogP contribution in [0.5, 0.6) is 5.75 Å². The van der Waals surface area contributed by atoms with Crippen LogP contribution in [0.4, 0.5) is 0 Å². The third kappa shape index (κ3) is 3.87. The quantitative estimate of drug-likeness (QED) is 0.845. The SMILES string of the molecule is CC(C)(Oc1ccc(Cl)cc1)C(=O)N[C@@H]1CCSc2ccccc21. The fourth-order valence-corrected chi connectivity index (χ4v) is 3.92. The summed E-state index contributed by atoms with van der Waals surface area (Å²) in [5.41, 5.74) is 0.220. The molecule has 0 unspecified atom stereocenters. The fraction of sp³-hybridized carbons (Fsp3) is 0.316. The van der Waals surface area contributed by atoms with E-state index < -0.39 is 5.60 Å². The normalized spacial score (nSPS) is 17.0. The Labute approximate surface area is 151 Å². The number of fused-ring (bicyclic) bond motifs is 1. The van der Waals surface area contributed by atoms with Crippen LogP contribution in [0.3, 0.4) is 0 Å². The summed E-state index contributed by atoms with van der Waals surface area (Å²) in [5.74, 6) is 1.50. The Morgan fingerprint density at radius 3 is 2.67 bits per heavy atom. The molecule has 0 fully saturated rings. The van der Waals surface area contributed by atoms with Crippen molar-refractivity contribution < 1.29 is 9.53 Å². The van der Waals surface area contributed by atoms with Crippen LogP contribution in [0.2, 0.25) is 5.02 Å². The molecule has 1 heterocycles. The summed E-state index contributed by atoms with van der Waals surface area (Å²) >= 11 is 7.72. The first kappa shape index (κ1) is 17.2. The predicted molar refractivity (Wildman–Crippen MR) is 98.8 cm³/mol. The molecule has 0 saturated carbocycles. The highest BCUT2D eigenvalue weighted by molar-refractivity contribution is 7.99. The maximum Gasteiger partial charge on any atom is 0.264 e. The van der Waals surface area contributed by atoms with Crippen LogP contribution in [0, 0.1) is 0 Å². The Hall–Kier alpha value is -1.65. The van der Waals surface area contributed by atoms with Gasteiger partial charge in [0.25, 0.3) is 5.91 Å². The van der Waals surface area contributed by atoms with E-state index in [0.29, 0.717) is 10.8 Å². The number of hydrogen-bond acceptors (Lipinski definition) is 3. The summed E-state index contributed by atoms with van der Waals surface area (Å²) in [4.78, 5) is 14.0. The van der Waals surface area contributed by atoms with E-state index in [1.165, 1.54) is 10.5 Å². The number of nitrogens with one attached hydrogen (secondary N) is 1. The maximum atomic E-state index is 12.7. The molecule has 1 amide bonds. The van der Waals surface area contributed by atoms with Crippen molar-refractivity contribution in [2.45, 2.75) is 36.8 Å².